The lowest BCUT2D eigenvalue weighted by Crippen LogP contribution is -3.15. The summed E-state index contributed by atoms with van der Waals surface area (Å²) in [5.74, 6) is 1.41. The Hall–Kier alpha value is -3.39. The maximum absolute atomic E-state index is 13.2. The van der Waals surface area contributed by atoms with Gasteiger partial charge >= 0.3 is 0 Å². The van der Waals surface area contributed by atoms with Crippen LogP contribution in [0.15, 0.2) is 62.7 Å². The van der Waals surface area contributed by atoms with Gasteiger partial charge in [-0.05, 0) is 24.3 Å². The number of hydrogen-bond donors (Lipinski definition) is 1. The van der Waals surface area contributed by atoms with E-state index in [0.29, 0.717) is 37.6 Å². The fourth-order valence-electron chi connectivity index (χ4n) is 4.33. The molecule has 1 N–H and O–H groups in total. The number of furan rings is 2. The molecule has 1 fully saturated rings. The van der Waals surface area contributed by atoms with Crippen molar-refractivity contribution in [3.05, 3.63) is 60.2 Å². The quantitative estimate of drug-likeness (QED) is 0.691. The Kier molecular flexibility index (Phi) is 5.07. The normalized spacial score (nSPS) is 19.8. The van der Waals surface area contributed by atoms with Crippen LogP contribution >= 0.6 is 0 Å². The van der Waals surface area contributed by atoms with E-state index in [2.05, 4.69) is 5.10 Å². The van der Waals surface area contributed by atoms with Crippen molar-refractivity contribution in [3.63, 3.8) is 0 Å². The Labute approximate surface area is 179 Å². The number of carbonyl (C=O) groups excluding carboxylic acids is 2. The first-order valence-electron chi connectivity index (χ1n) is 10.6. The molecule has 31 heavy (non-hydrogen) atoms. The summed E-state index contributed by atoms with van der Waals surface area (Å²) in [5.41, 5.74) is 1.54. The number of piperazine rings is 1. The molecule has 4 heterocycles. The molecule has 2 amide bonds. The number of amides is 2. The molecule has 1 atom stereocenters. The van der Waals surface area contributed by atoms with Gasteiger partial charge in [-0.25, -0.2) is 5.01 Å². The number of nitrogens with zero attached hydrogens (tertiary/aromatic N) is 3. The SMILES string of the molecule is CC(=O)N1CC[NH+](CC(=O)N2N=C(c3cc4ccccc4o3)C[C@H]2c2ccco2)CC1. The summed E-state index contributed by atoms with van der Waals surface area (Å²) in [6.07, 6.45) is 2.15. The first-order valence-corrected chi connectivity index (χ1v) is 10.6. The zero-order valence-corrected chi connectivity index (χ0v) is 17.4. The van der Waals surface area contributed by atoms with Gasteiger partial charge in [0, 0.05) is 18.7 Å². The summed E-state index contributed by atoms with van der Waals surface area (Å²) in [7, 11) is 0. The zero-order chi connectivity index (χ0) is 21.4. The number of para-hydroxylation sites is 1. The van der Waals surface area contributed by atoms with E-state index in [1.807, 2.05) is 47.4 Å². The largest absolute Gasteiger partial charge is 0.467 e. The predicted molar refractivity (Wildman–Crippen MR) is 113 cm³/mol. The second-order valence-corrected chi connectivity index (χ2v) is 8.10. The van der Waals surface area contributed by atoms with Crippen molar-refractivity contribution in [1.82, 2.24) is 9.91 Å². The molecule has 160 valence electrons. The Balaban J connectivity index is 1.36. The van der Waals surface area contributed by atoms with Crippen molar-refractivity contribution in [2.75, 3.05) is 32.7 Å². The van der Waals surface area contributed by atoms with Gasteiger partial charge in [0.1, 0.15) is 23.1 Å². The second kappa shape index (κ2) is 8.03. The zero-order valence-electron chi connectivity index (χ0n) is 17.4. The fraction of sp³-hybridized carbons (Fsp3) is 0.348. The summed E-state index contributed by atoms with van der Waals surface area (Å²) >= 11 is 0. The van der Waals surface area contributed by atoms with E-state index in [1.165, 1.54) is 0 Å². The minimum atomic E-state index is -0.288. The van der Waals surface area contributed by atoms with Crippen LogP contribution in [-0.4, -0.2) is 60.2 Å². The Bertz CT molecular complexity index is 1090. The minimum Gasteiger partial charge on any atom is -0.467 e. The lowest BCUT2D eigenvalue weighted by Gasteiger charge is -2.32. The predicted octanol–water partition coefficient (Wildman–Crippen LogP) is 1.45. The maximum atomic E-state index is 13.2. The average molecular weight is 421 g/mol. The van der Waals surface area contributed by atoms with E-state index in [-0.39, 0.29) is 17.9 Å². The Morgan fingerprint density at radius 1 is 1.16 bits per heavy atom. The molecule has 0 bridgehead atoms. The number of hydrazone groups is 1. The van der Waals surface area contributed by atoms with E-state index >= 15 is 0 Å². The highest BCUT2D eigenvalue weighted by atomic mass is 16.3. The van der Waals surface area contributed by atoms with Gasteiger partial charge < -0.3 is 18.6 Å². The van der Waals surface area contributed by atoms with E-state index in [1.54, 1.807) is 18.2 Å². The summed E-state index contributed by atoms with van der Waals surface area (Å²) in [6.45, 7) is 4.78. The lowest BCUT2D eigenvalue weighted by molar-refractivity contribution is -0.896. The first kappa shape index (κ1) is 19.6. The van der Waals surface area contributed by atoms with Crippen LogP contribution in [0.2, 0.25) is 0 Å². The summed E-state index contributed by atoms with van der Waals surface area (Å²) in [4.78, 5) is 27.8. The number of benzene rings is 1. The fourth-order valence-corrected chi connectivity index (χ4v) is 4.33. The van der Waals surface area contributed by atoms with E-state index < -0.39 is 0 Å². The molecule has 0 aliphatic carbocycles. The lowest BCUT2D eigenvalue weighted by atomic mass is 10.1. The summed E-state index contributed by atoms with van der Waals surface area (Å²) < 4.78 is 11.6. The van der Waals surface area contributed by atoms with Gasteiger partial charge in [0.15, 0.2) is 12.3 Å². The first-order chi connectivity index (χ1) is 15.1. The number of quaternary nitrogens is 1. The summed E-state index contributed by atoms with van der Waals surface area (Å²) in [6, 6.07) is 13.2. The third-order valence-electron chi connectivity index (χ3n) is 6.06. The van der Waals surface area contributed by atoms with E-state index in [0.717, 1.165) is 34.7 Å². The molecule has 5 rings (SSSR count). The smallest absolute Gasteiger partial charge is 0.298 e. The third kappa shape index (κ3) is 3.86. The van der Waals surface area contributed by atoms with Gasteiger partial charge in [0.2, 0.25) is 5.91 Å². The molecule has 8 heteroatoms. The van der Waals surface area contributed by atoms with Crippen LogP contribution in [0.4, 0.5) is 0 Å². The van der Waals surface area contributed by atoms with Crippen molar-refractivity contribution in [3.8, 4) is 0 Å². The molecule has 1 saturated heterocycles. The Morgan fingerprint density at radius 2 is 1.97 bits per heavy atom. The van der Waals surface area contributed by atoms with Gasteiger partial charge in [-0.15, -0.1) is 0 Å². The molecule has 0 saturated carbocycles. The molecule has 1 aromatic carbocycles. The van der Waals surface area contributed by atoms with E-state index in [4.69, 9.17) is 8.83 Å². The number of rotatable bonds is 4. The van der Waals surface area contributed by atoms with Crippen LogP contribution in [-0.2, 0) is 9.59 Å². The van der Waals surface area contributed by atoms with Crippen LogP contribution in [0.1, 0.15) is 30.9 Å². The van der Waals surface area contributed by atoms with Crippen LogP contribution in [0, 0.1) is 0 Å². The van der Waals surface area contributed by atoms with Crippen molar-refractivity contribution in [2.45, 2.75) is 19.4 Å². The molecule has 3 aromatic rings. The number of fused-ring (bicyclic) bond motifs is 1. The van der Waals surface area contributed by atoms with E-state index in [9.17, 15) is 9.59 Å². The molecular weight excluding hydrogens is 396 g/mol. The number of carbonyl (C=O) groups is 2. The van der Waals surface area contributed by atoms with Crippen LogP contribution < -0.4 is 4.90 Å². The summed E-state index contributed by atoms with van der Waals surface area (Å²) in [5, 5.41) is 7.22. The molecule has 0 spiro atoms. The highest BCUT2D eigenvalue weighted by molar-refractivity contribution is 6.03. The Morgan fingerprint density at radius 3 is 2.68 bits per heavy atom. The van der Waals surface area contributed by atoms with Crippen molar-refractivity contribution >= 4 is 28.5 Å². The molecule has 8 nitrogen and oxygen atoms in total. The second-order valence-electron chi connectivity index (χ2n) is 8.10. The minimum absolute atomic E-state index is 0.0567. The van der Waals surface area contributed by atoms with Crippen LogP contribution in [0.3, 0.4) is 0 Å². The standard InChI is InChI=1S/C23H24N4O4/c1-16(28)26-10-8-25(9-11-26)15-23(29)27-19(21-7-4-12-30-21)14-18(24-27)22-13-17-5-2-3-6-20(17)31-22/h2-7,12-13,19H,8-11,14-15H2,1H3/p+1/t19-/m0/s1. The van der Waals surface area contributed by atoms with Gasteiger partial charge in [-0.3, -0.25) is 9.59 Å². The maximum Gasteiger partial charge on any atom is 0.298 e. The van der Waals surface area contributed by atoms with Gasteiger partial charge in [0.05, 0.1) is 32.4 Å². The molecule has 2 aliphatic rings. The molecule has 2 aliphatic heterocycles. The highest BCUT2D eigenvalue weighted by Crippen LogP contribution is 2.34. The van der Waals surface area contributed by atoms with Crippen LogP contribution in [0.5, 0.6) is 0 Å². The highest BCUT2D eigenvalue weighted by Gasteiger charge is 2.37. The number of nitrogens with one attached hydrogen (secondary N) is 1. The molecule has 2 aromatic heterocycles. The van der Waals surface area contributed by atoms with Crippen molar-refractivity contribution < 1.29 is 23.3 Å². The molecule has 0 unspecified atom stereocenters. The van der Waals surface area contributed by atoms with Gasteiger partial charge in [-0.2, -0.15) is 5.10 Å². The van der Waals surface area contributed by atoms with Crippen molar-refractivity contribution in [1.29, 1.82) is 0 Å². The molecular formula is C23H25N4O4+. The topological polar surface area (TPSA) is 83.7 Å². The number of hydrogen-bond acceptors (Lipinski definition) is 5. The van der Waals surface area contributed by atoms with Gasteiger partial charge in [0.25, 0.3) is 5.91 Å². The van der Waals surface area contributed by atoms with Crippen molar-refractivity contribution in [2.24, 2.45) is 5.10 Å². The average Bonchev–Trinajstić information content (AvgIpc) is 3.52. The monoisotopic (exact) mass is 421 g/mol. The third-order valence-corrected chi connectivity index (χ3v) is 6.06. The van der Waals surface area contributed by atoms with Crippen LogP contribution in [0.25, 0.3) is 11.0 Å². The van der Waals surface area contributed by atoms with Gasteiger partial charge in [-0.1, -0.05) is 18.2 Å². The molecule has 0 radical (unpaired) electrons.